The van der Waals surface area contributed by atoms with Gasteiger partial charge in [-0.15, -0.1) is 3.89 Å². The minimum absolute atomic E-state index is 0.332. The number of halogens is 1. The Morgan fingerprint density at radius 3 is 2.18 bits per heavy atom. The molecule has 7 heteroatoms. The van der Waals surface area contributed by atoms with E-state index in [4.69, 9.17) is 4.74 Å². The molecule has 0 rings (SSSR count). The van der Waals surface area contributed by atoms with Gasteiger partial charge in [0.25, 0.3) is 0 Å². The molecule has 17 heavy (non-hydrogen) atoms. The lowest BCUT2D eigenvalue weighted by Gasteiger charge is -2.29. The highest BCUT2D eigenvalue weighted by atomic mass is 32.3. The van der Waals surface area contributed by atoms with Crippen molar-refractivity contribution in [1.82, 2.24) is 4.90 Å². The summed E-state index contributed by atoms with van der Waals surface area (Å²) in [6, 6.07) is -0.722. The standard InChI is InChI=1S/C10H20FNO4S/c1-6-8(7-17(11,14)15)12(5)9(13)16-10(2,3)4/h8H,6-7H2,1-5H3. The van der Waals surface area contributed by atoms with E-state index >= 15 is 0 Å². The van der Waals surface area contributed by atoms with Crippen molar-refractivity contribution in [2.45, 2.75) is 45.8 Å². The second-order valence-electron chi connectivity index (χ2n) is 4.86. The molecule has 0 aliphatic carbocycles. The average Bonchev–Trinajstić information content (AvgIpc) is 2.08. The number of nitrogens with zero attached hydrogens (tertiary/aromatic N) is 1. The minimum Gasteiger partial charge on any atom is -0.444 e. The number of carbonyl (C=O) groups is 1. The van der Waals surface area contributed by atoms with Gasteiger partial charge in [0.1, 0.15) is 11.4 Å². The number of ether oxygens (including phenoxy) is 1. The van der Waals surface area contributed by atoms with Gasteiger partial charge in [-0.1, -0.05) is 6.92 Å². The molecule has 1 unspecified atom stereocenters. The van der Waals surface area contributed by atoms with E-state index < -0.39 is 33.7 Å². The van der Waals surface area contributed by atoms with Crippen molar-refractivity contribution in [2.75, 3.05) is 12.8 Å². The molecule has 0 aliphatic heterocycles. The molecule has 0 aromatic rings. The summed E-state index contributed by atoms with van der Waals surface area (Å²) in [5.41, 5.74) is -0.668. The smallest absolute Gasteiger partial charge is 0.410 e. The SMILES string of the molecule is CCC(CS(=O)(=O)F)N(C)C(=O)OC(C)(C)C. The highest BCUT2D eigenvalue weighted by Gasteiger charge is 2.27. The van der Waals surface area contributed by atoms with Crippen molar-refractivity contribution in [3.8, 4) is 0 Å². The number of carbonyl (C=O) groups excluding carboxylic acids is 1. The summed E-state index contributed by atoms with van der Waals surface area (Å²) in [6.07, 6.45) is -0.327. The first-order valence-electron chi connectivity index (χ1n) is 5.34. The third kappa shape index (κ3) is 7.14. The molecule has 0 spiro atoms. The lowest BCUT2D eigenvalue weighted by Crippen LogP contribution is -2.43. The first-order valence-corrected chi connectivity index (χ1v) is 6.89. The van der Waals surface area contributed by atoms with Gasteiger partial charge in [-0.2, -0.15) is 8.42 Å². The van der Waals surface area contributed by atoms with Gasteiger partial charge in [-0.05, 0) is 27.2 Å². The summed E-state index contributed by atoms with van der Waals surface area (Å²) >= 11 is 0. The van der Waals surface area contributed by atoms with Gasteiger partial charge in [0, 0.05) is 7.05 Å². The second kappa shape index (κ2) is 5.66. The van der Waals surface area contributed by atoms with E-state index in [0.717, 1.165) is 4.90 Å². The summed E-state index contributed by atoms with van der Waals surface area (Å²) in [7, 11) is -3.21. The van der Waals surface area contributed by atoms with Gasteiger partial charge in [-0.3, -0.25) is 0 Å². The van der Waals surface area contributed by atoms with Gasteiger partial charge >= 0.3 is 16.3 Å². The van der Waals surface area contributed by atoms with Gasteiger partial charge < -0.3 is 9.64 Å². The molecule has 0 bridgehead atoms. The zero-order valence-corrected chi connectivity index (χ0v) is 11.7. The molecule has 0 fully saturated rings. The third-order valence-corrected chi connectivity index (χ3v) is 2.87. The van der Waals surface area contributed by atoms with Crippen molar-refractivity contribution in [1.29, 1.82) is 0 Å². The van der Waals surface area contributed by atoms with Crippen molar-refractivity contribution in [2.24, 2.45) is 0 Å². The fraction of sp³-hybridized carbons (Fsp3) is 0.900. The van der Waals surface area contributed by atoms with E-state index in [9.17, 15) is 17.1 Å². The van der Waals surface area contributed by atoms with Crippen LogP contribution in [0.15, 0.2) is 0 Å². The largest absolute Gasteiger partial charge is 0.444 e. The third-order valence-electron chi connectivity index (χ3n) is 2.09. The highest BCUT2D eigenvalue weighted by molar-refractivity contribution is 7.86. The summed E-state index contributed by atoms with van der Waals surface area (Å²) in [6.45, 7) is 6.78. The van der Waals surface area contributed by atoms with Crippen LogP contribution in [0.4, 0.5) is 8.68 Å². The topological polar surface area (TPSA) is 63.7 Å². The summed E-state index contributed by atoms with van der Waals surface area (Å²) in [5, 5.41) is 0. The number of hydrogen-bond donors (Lipinski definition) is 0. The maximum Gasteiger partial charge on any atom is 0.410 e. The number of rotatable bonds is 4. The predicted octanol–water partition coefficient (Wildman–Crippen LogP) is 1.93. The van der Waals surface area contributed by atoms with E-state index in [1.165, 1.54) is 7.05 Å². The Balaban J connectivity index is 4.65. The Morgan fingerprint density at radius 2 is 1.88 bits per heavy atom. The molecule has 5 nitrogen and oxygen atoms in total. The van der Waals surface area contributed by atoms with Crippen LogP contribution in [-0.2, 0) is 15.0 Å². The Kier molecular flexibility index (Phi) is 5.38. The van der Waals surface area contributed by atoms with E-state index in [1.54, 1.807) is 27.7 Å². The van der Waals surface area contributed by atoms with Crippen molar-refractivity contribution in [3.63, 3.8) is 0 Å². The van der Waals surface area contributed by atoms with Gasteiger partial charge in [0.05, 0.1) is 6.04 Å². The average molecular weight is 269 g/mol. The molecular formula is C10H20FNO4S. The van der Waals surface area contributed by atoms with Crippen LogP contribution in [0, 0.1) is 0 Å². The maximum atomic E-state index is 12.6. The van der Waals surface area contributed by atoms with Gasteiger partial charge in [-0.25, -0.2) is 4.79 Å². The molecule has 0 saturated heterocycles. The summed E-state index contributed by atoms with van der Waals surface area (Å²) in [4.78, 5) is 12.7. The molecule has 0 aromatic carbocycles. The van der Waals surface area contributed by atoms with Crippen molar-refractivity contribution < 1.29 is 21.8 Å². The quantitative estimate of drug-likeness (QED) is 0.732. The molecule has 0 saturated carbocycles. The molecule has 1 amide bonds. The Bertz CT molecular complexity index is 361. The highest BCUT2D eigenvalue weighted by Crippen LogP contribution is 2.13. The van der Waals surface area contributed by atoms with E-state index in [-0.39, 0.29) is 0 Å². The molecule has 0 aromatic heterocycles. The Labute approximate surface area is 102 Å². The van der Waals surface area contributed by atoms with E-state index in [2.05, 4.69) is 0 Å². The monoisotopic (exact) mass is 269 g/mol. The van der Waals surface area contributed by atoms with Crippen LogP contribution >= 0.6 is 0 Å². The maximum absolute atomic E-state index is 12.6. The van der Waals surface area contributed by atoms with Crippen LogP contribution in [-0.4, -0.2) is 43.9 Å². The van der Waals surface area contributed by atoms with Crippen molar-refractivity contribution >= 4 is 16.3 Å². The van der Waals surface area contributed by atoms with Gasteiger partial charge in [0.15, 0.2) is 0 Å². The Hall–Kier alpha value is -0.850. The zero-order chi connectivity index (χ0) is 13.9. The zero-order valence-electron chi connectivity index (χ0n) is 10.9. The van der Waals surface area contributed by atoms with Crippen LogP contribution < -0.4 is 0 Å². The van der Waals surface area contributed by atoms with Crippen molar-refractivity contribution in [3.05, 3.63) is 0 Å². The first-order chi connectivity index (χ1) is 7.46. The molecule has 0 N–H and O–H groups in total. The predicted molar refractivity (Wildman–Crippen MR) is 63.0 cm³/mol. The molecular weight excluding hydrogens is 249 g/mol. The van der Waals surface area contributed by atoms with E-state index in [0.29, 0.717) is 6.42 Å². The number of hydrogen-bond acceptors (Lipinski definition) is 4. The van der Waals surface area contributed by atoms with E-state index in [1.807, 2.05) is 0 Å². The van der Waals surface area contributed by atoms with Crippen LogP contribution in [0.1, 0.15) is 34.1 Å². The first kappa shape index (κ1) is 16.1. The fourth-order valence-corrected chi connectivity index (χ4v) is 2.14. The summed E-state index contributed by atoms with van der Waals surface area (Å²) < 4.78 is 38.8. The molecule has 0 radical (unpaired) electrons. The lowest BCUT2D eigenvalue weighted by atomic mass is 10.2. The molecule has 102 valence electrons. The fourth-order valence-electron chi connectivity index (χ4n) is 1.22. The molecule has 0 heterocycles. The number of amides is 1. The van der Waals surface area contributed by atoms with Crippen LogP contribution in [0.5, 0.6) is 0 Å². The normalized spacial score (nSPS) is 14.2. The molecule has 1 atom stereocenters. The van der Waals surface area contributed by atoms with Gasteiger partial charge in [0.2, 0.25) is 0 Å². The second-order valence-corrected chi connectivity index (χ2v) is 6.27. The van der Waals surface area contributed by atoms with Crippen LogP contribution in [0.25, 0.3) is 0 Å². The minimum atomic E-state index is -4.61. The Morgan fingerprint density at radius 1 is 1.41 bits per heavy atom. The summed E-state index contributed by atoms with van der Waals surface area (Å²) in [5.74, 6) is -0.709. The van der Waals surface area contributed by atoms with Crippen LogP contribution in [0.3, 0.4) is 0 Å². The lowest BCUT2D eigenvalue weighted by molar-refractivity contribution is 0.0235. The molecule has 0 aliphatic rings. The van der Waals surface area contributed by atoms with Crippen LogP contribution in [0.2, 0.25) is 0 Å².